The SMILES string of the molecule is C=C(C)[C@H]1OC(c2c(OC)ccc3ccc(=O)oc23)O[C@@H]1c1c(OC)ccc2ccc(=O)oc12. The maximum atomic E-state index is 12.1. The Labute approximate surface area is 193 Å². The zero-order valence-corrected chi connectivity index (χ0v) is 18.8. The monoisotopic (exact) mass is 462 g/mol. The van der Waals surface area contributed by atoms with Gasteiger partial charge < -0.3 is 27.8 Å². The van der Waals surface area contributed by atoms with Gasteiger partial charge in [0, 0.05) is 22.9 Å². The van der Waals surface area contributed by atoms with Gasteiger partial charge in [0.05, 0.1) is 25.3 Å². The summed E-state index contributed by atoms with van der Waals surface area (Å²) < 4.78 is 34.9. The van der Waals surface area contributed by atoms with Crippen molar-refractivity contribution in [2.75, 3.05) is 14.2 Å². The maximum absolute atomic E-state index is 12.1. The van der Waals surface area contributed by atoms with E-state index in [9.17, 15) is 9.59 Å². The zero-order chi connectivity index (χ0) is 24.0. The van der Waals surface area contributed by atoms with E-state index in [-0.39, 0.29) is 0 Å². The number of rotatable bonds is 5. The number of hydrogen-bond donors (Lipinski definition) is 0. The summed E-state index contributed by atoms with van der Waals surface area (Å²) in [6.07, 6.45) is -2.32. The van der Waals surface area contributed by atoms with E-state index in [0.717, 1.165) is 0 Å². The van der Waals surface area contributed by atoms with Crippen LogP contribution in [0.4, 0.5) is 0 Å². The summed E-state index contributed by atoms with van der Waals surface area (Å²) in [5.74, 6) is 0.906. The lowest BCUT2D eigenvalue weighted by molar-refractivity contribution is -0.0670. The summed E-state index contributed by atoms with van der Waals surface area (Å²) in [4.78, 5) is 24.1. The highest BCUT2D eigenvalue weighted by Crippen LogP contribution is 2.49. The fourth-order valence-electron chi connectivity index (χ4n) is 4.29. The molecule has 34 heavy (non-hydrogen) atoms. The van der Waals surface area contributed by atoms with E-state index in [4.69, 9.17) is 27.8 Å². The van der Waals surface area contributed by atoms with E-state index < -0.39 is 29.7 Å². The number of hydrogen-bond acceptors (Lipinski definition) is 8. The lowest BCUT2D eigenvalue weighted by atomic mass is 9.97. The fraction of sp³-hybridized carbons (Fsp3) is 0.231. The molecule has 174 valence electrons. The number of ether oxygens (including phenoxy) is 4. The first kappa shape index (κ1) is 21.9. The minimum absolute atomic E-state index is 0.300. The molecule has 1 aliphatic heterocycles. The second-order valence-corrected chi connectivity index (χ2v) is 8.00. The molecule has 0 aliphatic carbocycles. The molecule has 2 aromatic carbocycles. The van der Waals surface area contributed by atoms with Crippen LogP contribution >= 0.6 is 0 Å². The van der Waals surface area contributed by atoms with Crippen LogP contribution in [-0.2, 0) is 9.47 Å². The van der Waals surface area contributed by atoms with E-state index in [1.54, 1.807) is 36.4 Å². The molecule has 5 rings (SSSR count). The molecule has 1 unspecified atom stereocenters. The van der Waals surface area contributed by atoms with E-state index >= 15 is 0 Å². The van der Waals surface area contributed by atoms with Gasteiger partial charge in [-0.1, -0.05) is 6.58 Å². The number of benzene rings is 2. The topological polar surface area (TPSA) is 97.3 Å². The average molecular weight is 462 g/mol. The van der Waals surface area contributed by atoms with Crippen LogP contribution in [0, 0.1) is 0 Å². The summed E-state index contributed by atoms with van der Waals surface area (Å²) in [5, 5.41) is 1.39. The average Bonchev–Trinajstić information content (AvgIpc) is 3.27. The Morgan fingerprint density at radius 1 is 0.765 bits per heavy atom. The molecule has 0 spiro atoms. The molecule has 0 N–H and O–H groups in total. The zero-order valence-electron chi connectivity index (χ0n) is 18.8. The summed E-state index contributed by atoms with van der Waals surface area (Å²) in [6.45, 7) is 5.89. The van der Waals surface area contributed by atoms with Crippen LogP contribution in [0.25, 0.3) is 21.9 Å². The summed E-state index contributed by atoms with van der Waals surface area (Å²) in [7, 11) is 3.04. The quantitative estimate of drug-likeness (QED) is 0.312. The molecular weight excluding hydrogens is 440 g/mol. The summed E-state index contributed by atoms with van der Waals surface area (Å²) >= 11 is 0. The van der Waals surface area contributed by atoms with Gasteiger partial charge in [0.25, 0.3) is 0 Å². The van der Waals surface area contributed by atoms with Gasteiger partial charge in [0.1, 0.15) is 34.9 Å². The Morgan fingerprint density at radius 2 is 1.26 bits per heavy atom. The number of fused-ring (bicyclic) bond motifs is 2. The van der Waals surface area contributed by atoms with Crippen molar-refractivity contribution in [1.82, 2.24) is 0 Å². The maximum Gasteiger partial charge on any atom is 0.336 e. The highest BCUT2D eigenvalue weighted by atomic mass is 16.7. The first-order valence-electron chi connectivity index (χ1n) is 10.6. The second-order valence-electron chi connectivity index (χ2n) is 8.00. The van der Waals surface area contributed by atoms with Gasteiger partial charge in [-0.15, -0.1) is 0 Å². The van der Waals surface area contributed by atoms with Gasteiger partial charge in [-0.3, -0.25) is 0 Å². The van der Waals surface area contributed by atoms with Crippen LogP contribution in [-0.4, -0.2) is 20.3 Å². The molecule has 8 nitrogen and oxygen atoms in total. The second kappa shape index (κ2) is 8.48. The highest BCUT2D eigenvalue weighted by molar-refractivity contribution is 5.84. The first-order valence-corrected chi connectivity index (χ1v) is 10.6. The predicted octanol–water partition coefficient (Wildman–Crippen LogP) is 4.65. The molecule has 1 fully saturated rings. The molecule has 0 bridgehead atoms. The van der Waals surface area contributed by atoms with Crippen molar-refractivity contribution in [3.8, 4) is 11.5 Å². The molecule has 3 atom stereocenters. The minimum atomic E-state index is -0.966. The smallest absolute Gasteiger partial charge is 0.336 e. The standard InChI is InChI=1S/C26H22O8/c1-13(2)22-25(20-16(29-3)9-5-14-7-11-18(27)31-23(14)20)34-26(33-22)21-17(30-4)10-6-15-8-12-19(28)32-24(15)21/h5-12,22,25-26H,1H2,2-4H3/t22-,25-,26?/m1/s1. The predicted molar refractivity (Wildman–Crippen MR) is 124 cm³/mol. The van der Waals surface area contributed by atoms with Crippen molar-refractivity contribution in [1.29, 1.82) is 0 Å². The van der Waals surface area contributed by atoms with Gasteiger partial charge >= 0.3 is 11.3 Å². The molecule has 4 aromatic rings. The first-order chi connectivity index (χ1) is 16.4. The minimum Gasteiger partial charge on any atom is -0.496 e. The lowest BCUT2D eigenvalue weighted by Gasteiger charge is -2.20. The molecule has 0 amide bonds. The summed E-state index contributed by atoms with van der Waals surface area (Å²) in [5.41, 5.74) is 1.27. The van der Waals surface area contributed by atoms with Crippen LogP contribution in [0.2, 0.25) is 0 Å². The molecule has 2 aromatic heterocycles. The Balaban J connectivity index is 1.71. The Bertz CT molecular complexity index is 1530. The molecule has 1 saturated heterocycles. The van der Waals surface area contributed by atoms with Crippen LogP contribution in [0.1, 0.15) is 30.4 Å². The lowest BCUT2D eigenvalue weighted by Crippen LogP contribution is -2.17. The van der Waals surface area contributed by atoms with Crippen molar-refractivity contribution in [2.24, 2.45) is 0 Å². The van der Waals surface area contributed by atoms with E-state index in [2.05, 4.69) is 6.58 Å². The Kier molecular flexibility index (Phi) is 5.47. The van der Waals surface area contributed by atoms with Gasteiger partial charge in [-0.2, -0.15) is 0 Å². The molecule has 8 heteroatoms. The third-order valence-corrected chi connectivity index (χ3v) is 5.84. The van der Waals surface area contributed by atoms with Gasteiger partial charge in [0.2, 0.25) is 0 Å². The molecular formula is C26H22O8. The summed E-state index contributed by atoms with van der Waals surface area (Å²) in [6, 6.07) is 13.2. The van der Waals surface area contributed by atoms with Gasteiger partial charge in [-0.25, -0.2) is 9.59 Å². The van der Waals surface area contributed by atoms with Crippen LogP contribution in [0.3, 0.4) is 0 Å². The van der Waals surface area contributed by atoms with Crippen molar-refractivity contribution in [3.05, 3.63) is 92.7 Å². The van der Waals surface area contributed by atoms with E-state index in [1.807, 2.05) is 6.92 Å². The van der Waals surface area contributed by atoms with Crippen LogP contribution in [0.15, 0.2) is 79.1 Å². The molecule has 0 saturated carbocycles. The van der Waals surface area contributed by atoms with E-state index in [1.165, 1.54) is 26.4 Å². The number of methoxy groups -OCH3 is 2. The third kappa shape index (κ3) is 3.57. The third-order valence-electron chi connectivity index (χ3n) is 5.84. The molecule has 3 heterocycles. The van der Waals surface area contributed by atoms with Crippen LogP contribution in [0.5, 0.6) is 11.5 Å². The highest BCUT2D eigenvalue weighted by Gasteiger charge is 2.43. The van der Waals surface area contributed by atoms with Crippen molar-refractivity contribution >= 4 is 21.9 Å². The van der Waals surface area contributed by atoms with Crippen LogP contribution < -0.4 is 20.7 Å². The molecule has 0 radical (unpaired) electrons. The Hall–Kier alpha value is -3.88. The molecule has 1 aliphatic rings. The van der Waals surface area contributed by atoms with Crippen molar-refractivity contribution in [2.45, 2.75) is 25.4 Å². The van der Waals surface area contributed by atoms with Crippen molar-refractivity contribution < 1.29 is 27.8 Å². The Morgan fingerprint density at radius 3 is 1.79 bits per heavy atom. The largest absolute Gasteiger partial charge is 0.496 e. The van der Waals surface area contributed by atoms with Gasteiger partial charge in [-0.05, 0) is 48.9 Å². The van der Waals surface area contributed by atoms with E-state index in [0.29, 0.717) is 50.1 Å². The van der Waals surface area contributed by atoms with Gasteiger partial charge in [0.15, 0.2) is 6.29 Å². The normalized spacial score (nSPS) is 20.0. The fourth-order valence-corrected chi connectivity index (χ4v) is 4.29. The van der Waals surface area contributed by atoms with Crippen molar-refractivity contribution in [3.63, 3.8) is 0 Å².